The largest absolute Gasteiger partial charge is 0.493 e. The molecule has 290 valence electrons. The highest BCUT2D eigenvalue weighted by Gasteiger charge is 2.57. The van der Waals surface area contributed by atoms with Crippen LogP contribution < -0.4 is 15.1 Å². The fourth-order valence-corrected chi connectivity index (χ4v) is 5.80. The standard InChI is InChI=1S/C34H40O19/c1-14-27(45-16(3)36)29(47-18(5)38)31(49-20(7)40)33(44-14)53-32-30(48-19(6)39)28(46-17(4)37)25(13-43-15(2)35)52-34(32)51-24-12-22-21(11-23(24)42-8)9-10-26(41)50-22/h9-12,14,25,27-34H,13H2,1-8H3/t14-,25+,27+,28+,29-,30-,31+,32+,33+,34+/m1/s1. The fraction of sp³-hybridized carbons (Fsp3) is 0.559. The molecule has 53 heavy (non-hydrogen) atoms. The van der Waals surface area contributed by atoms with Crippen LogP contribution in [0.25, 0.3) is 11.0 Å². The van der Waals surface area contributed by atoms with Crippen LogP contribution in [0.5, 0.6) is 11.5 Å². The first-order valence-corrected chi connectivity index (χ1v) is 16.2. The van der Waals surface area contributed by atoms with Crippen molar-refractivity contribution in [2.45, 2.75) is 110 Å². The van der Waals surface area contributed by atoms with Crippen LogP contribution in [-0.2, 0) is 71.4 Å². The summed E-state index contributed by atoms with van der Waals surface area (Å²) in [5.41, 5.74) is -0.591. The van der Waals surface area contributed by atoms with Gasteiger partial charge in [-0.2, -0.15) is 0 Å². The second-order valence-corrected chi connectivity index (χ2v) is 11.9. The molecule has 0 aliphatic carbocycles. The molecule has 2 aliphatic rings. The third kappa shape index (κ3) is 10.4. The Bertz CT molecular complexity index is 1750. The maximum Gasteiger partial charge on any atom is 0.336 e. The van der Waals surface area contributed by atoms with Crippen molar-refractivity contribution < 1.29 is 85.3 Å². The zero-order valence-electron chi connectivity index (χ0n) is 30.0. The van der Waals surface area contributed by atoms with Crippen LogP contribution in [0, 0.1) is 0 Å². The number of hydrogen-bond acceptors (Lipinski definition) is 19. The second-order valence-electron chi connectivity index (χ2n) is 11.9. The molecular weight excluding hydrogens is 712 g/mol. The van der Waals surface area contributed by atoms with Gasteiger partial charge in [-0.3, -0.25) is 28.8 Å². The molecule has 0 unspecified atom stereocenters. The molecule has 19 heteroatoms. The van der Waals surface area contributed by atoms with E-state index in [9.17, 15) is 33.6 Å². The summed E-state index contributed by atoms with van der Waals surface area (Å²) >= 11 is 0. The van der Waals surface area contributed by atoms with Gasteiger partial charge in [0.1, 0.15) is 18.3 Å². The molecule has 3 heterocycles. The third-order valence-corrected chi connectivity index (χ3v) is 7.72. The van der Waals surface area contributed by atoms with Gasteiger partial charge in [0.2, 0.25) is 6.29 Å². The highest BCUT2D eigenvalue weighted by molar-refractivity contribution is 5.80. The predicted molar refractivity (Wildman–Crippen MR) is 172 cm³/mol. The molecule has 1 aromatic heterocycles. The lowest BCUT2D eigenvalue weighted by molar-refractivity contribution is -0.356. The summed E-state index contributed by atoms with van der Waals surface area (Å²) in [6.07, 6.45) is -15.1. The lowest BCUT2D eigenvalue weighted by Crippen LogP contribution is -2.67. The predicted octanol–water partition coefficient (Wildman–Crippen LogP) is 1.26. The minimum Gasteiger partial charge on any atom is -0.493 e. The molecule has 0 amide bonds. The Kier molecular flexibility index (Phi) is 13.4. The summed E-state index contributed by atoms with van der Waals surface area (Å²) in [5, 5.41) is 0.458. The Morgan fingerprint density at radius 3 is 1.74 bits per heavy atom. The molecule has 0 spiro atoms. The van der Waals surface area contributed by atoms with E-state index in [2.05, 4.69) is 0 Å². The Morgan fingerprint density at radius 1 is 0.623 bits per heavy atom. The van der Waals surface area contributed by atoms with Gasteiger partial charge in [0.25, 0.3) is 0 Å². The lowest BCUT2D eigenvalue weighted by atomic mass is 9.96. The average Bonchev–Trinajstić information content (AvgIpc) is 3.04. The number of fused-ring (bicyclic) bond motifs is 1. The van der Waals surface area contributed by atoms with Gasteiger partial charge in [-0.05, 0) is 19.1 Å². The Labute approximate surface area is 301 Å². The van der Waals surface area contributed by atoms with Gasteiger partial charge >= 0.3 is 41.4 Å². The van der Waals surface area contributed by atoms with Crippen molar-refractivity contribution in [1.82, 2.24) is 0 Å². The Hall–Kier alpha value is -5.27. The number of hydrogen-bond donors (Lipinski definition) is 0. The van der Waals surface area contributed by atoms with Crippen molar-refractivity contribution in [3.05, 3.63) is 34.7 Å². The first kappa shape index (κ1) is 40.5. The Morgan fingerprint density at radius 2 is 1.17 bits per heavy atom. The summed E-state index contributed by atoms with van der Waals surface area (Å²) in [4.78, 5) is 85.6. The molecule has 2 aliphatic heterocycles. The summed E-state index contributed by atoms with van der Waals surface area (Å²) in [7, 11) is 1.33. The highest BCUT2D eigenvalue weighted by atomic mass is 16.8. The van der Waals surface area contributed by atoms with Crippen LogP contribution in [0.4, 0.5) is 0 Å². The first-order valence-electron chi connectivity index (χ1n) is 16.2. The second kappa shape index (κ2) is 17.5. The van der Waals surface area contributed by atoms with Gasteiger partial charge in [0, 0.05) is 59.1 Å². The third-order valence-electron chi connectivity index (χ3n) is 7.72. The van der Waals surface area contributed by atoms with E-state index in [1.165, 1.54) is 38.3 Å². The van der Waals surface area contributed by atoms with E-state index in [0.717, 1.165) is 41.5 Å². The minimum atomic E-state index is -1.71. The molecule has 4 rings (SSSR count). The number of rotatable bonds is 12. The van der Waals surface area contributed by atoms with E-state index in [-0.39, 0.29) is 17.1 Å². The molecule has 1 aromatic carbocycles. The number of benzene rings is 1. The van der Waals surface area contributed by atoms with Crippen LogP contribution in [0.15, 0.2) is 33.5 Å². The number of ether oxygens (including phenoxy) is 11. The summed E-state index contributed by atoms with van der Waals surface area (Å²) in [6, 6.07) is 5.51. The fourth-order valence-electron chi connectivity index (χ4n) is 5.80. The monoisotopic (exact) mass is 752 g/mol. The number of carbonyl (C=O) groups is 6. The van der Waals surface area contributed by atoms with Crippen molar-refractivity contribution >= 4 is 46.8 Å². The molecule has 0 radical (unpaired) electrons. The maximum absolute atomic E-state index is 12.6. The number of carbonyl (C=O) groups excluding carboxylic acids is 6. The minimum absolute atomic E-state index is 0.0764. The summed E-state index contributed by atoms with van der Waals surface area (Å²) in [5.74, 6) is -4.94. The maximum atomic E-state index is 12.6. The van der Waals surface area contributed by atoms with E-state index in [4.69, 9.17) is 56.5 Å². The van der Waals surface area contributed by atoms with Crippen molar-refractivity contribution in [1.29, 1.82) is 0 Å². The molecule has 2 aromatic rings. The quantitative estimate of drug-likeness (QED) is 0.169. The van der Waals surface area contributed by atoms with Gasteiger partial charge in [-0.25, -0.2) is 4.79 Å². The molecule has 2 fully saturated rings. The van der Waals surface area contributed by atoms with Crippen LogP contribution >= 0.6 is 0 Å². The molecule has 0 bridgehead atoms. The van der Waals surface area contributed by atoms with Crippen molar-refractivity contribution in [3.8, 4) is 11.5 Å². The van der Waals surface area contributed by atoms with Crippen LogP contribution in [0.1, 0.15) is 48.5 Å². The van der Waals surface area contributed by atoms with E-state index in [1.54, 1.807) is 0 Å². The molecule has 2 saturated heterocycles. The summed E-state index contributed by atoms with van der Waals surface area (Å²) < 4.78 is 68.5. The molecule has 0 N–H and O–H groups in total. The SMILES string of the molecule is COc1cc2ccc(=O)oc2cc1O[C@H]1O[C@@H](COC(C)=O)[C@H](OC(C)=O)[C@@H](OC(C)=O)[C@@H]1O[C@@H]1O[C@H](C)[C@H](OC(C)=O)[C@@H](OC(C)=O)[C@@H]1OC(C)=O. The van der Waals surface area contributed by atoms with Crippen LogP contribution in [0.3, 0.4) is 0 Å². The normalized spacial score (nSPS) is 28.2. The molecule has 19 nitrogen and oxygen atoms in total. The van der Waals surface area contributed by atoms with E-state index in [0.29, 0.717) is 5.39 Å². The van der Waals surface area contributed by atoms with Gasteiger partial charge in [0.05, 0.1) is 13.2 Å². The zero-order valence-corrected chi connectivity index (χ0v) is 30.0. The zero-order chi connectivity index (χ0) is 39.1. The van der Waals surface area contributed by atoms with Gasteiger partial charge in [0.15, 0.2) is 54.4 Å². The van der Waals surface area contributed by atoms with Gasteiger partial charge in [-0.1, -0.05) is 0 Å². The first-order chi connectivity index (χ1) is 25.0. The lowest BCUT2D eigenvalue weighted by Gasteiger charge is -2.48. The van der Waals surface area contributed by atoms with Crippen LogP contribution in [0.2, 0.25) is 0 Å². The number of esters is 6. The van der Waals surface area contributed by atoms with E-state index < -0.39 is 109 Å². The highest BCUT2D eigenvalue weighted by Crippen LogP contribution is 2.38. The molecule has 10 atom stereocenters. The molecular formula is C34H40O19. The van der Waals surface area contributed by atoms with E-state index in [1.807, 2.05) is 0 Å². The summed E-state index contributed by atoms with van der Waals surface area (Å²) in [6.45, 7) is 7.42. The van der Waals surface area contributed by atoms with E-state index >= 15 is 0 Å². The van der Waals surface area contributed by atoms with Crippen LogP contribution in [-0.4, -0.2) is 111 Å². The smallest absolute Gasteiger partial charge is 0.336 e. The van der Waals surface area contributed by atoms with Gasteiger partial charge in [-0.15, -0.1) is 0 Å². The average molecular weight is 753 g/mol. The van der Waals surface area contributed by atoms with Gasteiger partial charge < -0.3 is 56.5 Å². The molecule has 0 saturated carbocycles. The van der Waals surface area contributed by atoms with Crippen molar-refractivity contribution in [2.24, 2.45) is 0 Å². The van der Waals surface area contributed by atoms with Crippen molar-refractivity contribution in [3.63, 3.8) is 0 Å². The topological polar surface area (TPSA) is 234 Å². The number of methoxy groups -OCH3 is 1. The Balaban J connectivity index is 1.88. The van der Waals surface area contributed by atoms with Crippen molar-refractivity contribution in [2.75, 3.05) is 13.7 Å².